The van der Waals surface area contributed by atoms with Gasteiger partial charge in [0, 0.05) is 36.4 Å². The van der Waals surface area contributed by atoms with Gasteiger partial charge in [-0.1, -0.05) is 29.4 Å². The van der Waals surface area contributed by atoms with E-state index in [9.17, 15) is 4.79 Å². The first kappa shape index (κ1) is 16.8. The molecule has 7 heteroatoms. The molecule has 0 unspecified atom stereocenters. The van der Waals surface area contributed by atoms with Crippen LogP contribution >= 0.6 is 11.3 Å². The molecule has 26 heavy (non-hydrogen) atoms. The van der Waals surface area contributed by atoms with E-state index in [2.05, 4.69) is 10.2 Å². The number of piperidine rings is 1. The maximum absolute atomic E-state index is 12.3. The second kappa shape index (κ2) is 7.70. The Balaban J connectivity index is 1.29. The topological polar surface area (TPSA) is 68.5 Å². The molecule has 1 aliphatic heterocycles. The van der Waals surface area contributed by atoms with Crippen LogP contribution < -0.4 is 4.74 Å². The van der Waals surface area contributed by atoms with Gasteiger partial charge < -0.3 is 14.1 Å². The summed E-state index contributed by atoms with van der Waals surface area (Å²) in [7, 11) is 0. The molecule has 0 radical (unpaired) electrons. The molecule has 0 spiro atoms. The van der Waals surface area contributed by atoms with E-state index in [-0.39, 0.29) is 18.1 Å². The van der Waals surface area contributed by atoms with Gasteiger partial charge in [-0.2, -0.15) is 0 Å². The zero-order chi connectivity index (χ0) is 17.8. The van der Waals surface area contributed by atoms with Crippen LogP contribution in [0.1, 0.15) is 17.7 Å². The molecule has 6 nitrogen and oxygen atoms in total. The van der Waals surface area contributed by atoms with Crippen molar-refractivity contribution in [1.29, 1.82) is 0 Å². The van der Waals surface area contributed by atoms with Gasteiger partial charge in [0.2, 0.25) is 5.91 Å². The third-order valence-electron chi connectivity index (χ3n) is 4.39. The lowest BCUT2D eigenvalue weighted by molar-refractivity contribution is -0.132. The fraction of sp³-hybridized carbons (Fsp3) is 0.316. The highest BCUT2D eigenvalue weighted by Crippen LogP contribution is 2.23. The molecule has 1 amide bonds. The molecule has 1 aliphatic rings. The van der Waals surface area contributed by atoms with Crippen LogP contribution in [0.5, 0.6) is 6.08 Å². The van der Waals surface area contributed by atoms with E-state index >= 15 is 0 Å². The molecule has 2 aromatic heterocycles. The highest BCUT2D eigenvalue weighted by molar-refractivity contribution is 7.10. The maximum atomic E-state index is 12.3. The molecule has 134 valence electrons. The lowest BCUT2D eigenvalue weighted by Crippen LogP contribution is -2.42. The molecule has 3 aromatic rings. The fourth-order valence-electron chi connectivity index (χ4n) is 2.99. The quantitative estimate of drug-likeness (QED) is 0.689. The normalized spacial score (nSPS) is 15.2. The molecule has 0 saturated carbocycles. The molecule has 1 fully saturated rings. The van der Waals surface area contributed by atoms with Gasteiger partial charge in [0.05, 0.1) is 6.42 Å². The monoisotopic (exact) mass is 369 g/mol. The van der Waals surface area contributed by atoms with Gasteiger partial charge >= 0.3 is 6.08 Å². The van der Waals surface area contributed by atoms with E-state index in [0.717, 1.165) is 23.3 Å². The molecule has 0 atom stereocenters. The van der Waals surface area contributed by atoms with Crippen molar-refractivity contribution in [3.8, 4) is 17.5 Å². The first-order chi connectivity index (χ1) is 12.8. The van der Waals surface area contributed by atoms with Gasteiger partial charge in [-0.3, -0.25) is 4.79 Å². The van der Waals surface area contributed by atoms with E-state index < -0.39 is 0 Å². The first-order valence-corrected chi connectivity index (χ1v) is 9.51. The minimum Gasteiger partial charge on any atom is -0.446 e. The van der Waals surface area contributed by atoms with Crippen molar-refractivity contribution < 1.29 is 13.9 Å². The highest BCUT2D eigenvalue weighted by Gasteiger charge is 2.25. The van der Waals surface area contributed by atoms with Crippen LogP contribution in [0.3, 0.4) is 0 Å². The predicted octanol–water partition coefficient (Wildman–Crippen LogP) is 3.41. The largest absolute Gasteiger partial charge is 0.446 e. The number of amides is 1. The van der Waals surface area contributed by atoms with Crippen LogP contribution in [0.15, 0.2) is 52.3 Å². The molecular weight excluding hydrogens is 350 g/mol. The van der Waals surface area contributed by atoms with Crippen LogP contribution in [0.2, 0.25) is 0 Å². The van der Waals surface area contributed by atoms with Crippen LogP contribution in [-0.2, 0) is 11.2 Å². The molecule has 0 aliphatic carbocycles. The fourth-order valence-corrected chi connectivity index (χ4v) is 3.69. The zero-order valence-corrected chi connectivity index (χ0v) is 15.0. The number of nitrogens with zero attached hydrogens (tertiary/aromatic N) is 3. The Morgan fingerprint density at radius 3 is 2.69 bits per heavy atom. The van der Waals surface area contributed by atoms with E-state index in [1.807, 2.05) is 52.7 Å². The number of thiophene rings is 1. The Labute approximate surface area is 155 Å². The zero-order valence-electron chi connectivity index (χ0n) is 14.2. The summed E-state index contributed by atoms with van der Waals surface area (Å²) in [6.07, 6.45) is 2.18. The summed E-state index contributed by atoms with van der Waals surface area (Å²) in [5.41, 5.74) is 0.865. The number of rotatable bonds is 5. The Bertz CT molecular complexity index is 840. The second-order valence-corrected chi connectivity index (χ2v) is 7.23. The summed E-state index contributed by atoms with van der Waals surface area (Å²) >= 11 is 1.62. The Kier molecular flexibility index (Phi) is 4.97. The van der Waals surface area contributed by atoms with Gasteiger partial charge in [0.25, 0.3) is 5.89 Å². The number of hydrogen-bond donors (Lipinski definition) is 0. The van der Waals surface area contributed by atoms with Crippen LogP contribution in [-0.4, -0.2) is 40.2 Å². The average Bonchev–Trinajstić information content (AvgIpc) is 3.35. The molecule has 4 rings (SSSR count). The van der Waals surface area contributed by atoms with E-state index in [0.29, 0.717) is 25.4 Å². The molecule has 1 saturated heterocycles. The number of likely N-dealkylation sites (tertiary alicyclic amines) is 1. The number of hydrogen-bond acceptors (Lipinski definition) is 6. The van der Waals surface area contributed by atoms with Gasteiger partial charge in [-0.05, 0) is 23.6 Å². The van der Waals surface area contributed by atoms with Crippen molar-refractivity contribution in [2.45, 2.75) is 25.4 Å². The lowest BCUT2D eigenvalue weighted by Gasteiger charge is -2.31. The smallest absolute Gasteiger partial charge is 0.415 e. The molecule has 0 bridgehead atoms. The standard InChI is InChI=1S/C19H19N3O3S/c23-17(13-16-7-4-12-26-16)22-10-8-15(9-11-22)24-19-21-20-18(25-19)14-5-2-1-3-6-14/h1-7,12,15H,8-11,13H2. The van der Waals surface area contributed by atoms with Crippen molar-refractivity contribution in [2.75, 3.05) is 13.1 Å². The molecule has 1 aromatic carbocycles. The van der Waals surface area contributed by atoms with Crippen molar-refractivity contribution >= 4 is 17.2 Å². The predicted molar refractivity (Wildman–Crippen MR) is 98.0 cm³/mol. The Hall–Kier alpha value is -2.67. The Morgan fingerprint density at radius 1 is 1.15 bits per heavy atom. The van der Waals surface area contributed by atoms with E-state index in [1.165, 1.54) is 0 Å². The van der Waals surface area contributed by atoms with Gasteiger partial charge in [0.1, 0.15) is 6.10 Å². The van der Waals surface area contributed by atoms with Gasteiger partial charge in [-0.25, -0.2) is 0 Å². The molecule has 3 heterocycles. The summed E-state index contributed by atoms with van der Waals surface area (Å²) in [5, 5.41) is 10.0. The third-order valence-corrected chi connectivity index (χ3v) is 5.27. The highest BCUT2D eigenvalue weighted by atomic mass is 32.1. The van der Waals surface area contributed by atoms with Crippen molar-refractivity contribution in [3.05, 3.63) is 52.7 Å². The number of aromatic nitrogens is 2. The third kappa shape index (κ3) is 3.94. The SMILES string of the molecule is O=C(Cc1cccs1)N1CCC(Oc2nnc(-c3ccccc3)o2)CC1. The summed E-state index contributed by atoms with van der Waals surface area (Å²) in [4.78, 5) is 15.4. The number of benzene rings is 1. The average molecular weight is 369 g/mol. The van der Waals surface area contributed by atoms with Gasteiger partial charge in [-0.15, -0.1) is 16.4 Å². The summed E-state index contributed by atoms with van der Waals surface area (Å²) < 4.78 is 11.4. The number of carbonyl (C=O) groups is 1. The number of ether oxygens (including phenoxy) is 1. The van der Waals surface area contributed by atoms with Crippen LogP contribution in [0.4, 0.5) is 0 Å². The van der Waals surface area contributed by atoms with Crippen molar-refractivity contribution in [2.24, 2.45) is 0 Å². The van der Waals surface area contributed by atoms with Crippen LogP contribution in [0, 0.1) is 0 Å². The first-order valence-electron chi connectivity index (χ1n) is 8.63. The van der Waals surface area contributed by atoms with E-state index in [4.69, 9.17) is 9.15 Å². The van der Waals surface area contributed by atoms with E-state index in [1.54, 1.807) is 11.3 Å². The minimum atomic E-state index is -0.00939. The number of carbonyl (C=O) groups excluding carboxylic acids is 1. The molecular formula is C19H19N3O3S. The maximum Gasteiger partial charge on any atom is 0.415 e. The van der Waals surface area contributed by atoms with Crippen molar-refractivity contribution in [1.82, 2.24) is 15.1 Å². The Morgan fingerprint density at radius 2 is 1.96 bits per heavy atom. The lowest BCUT2D eigenvalue weighted by atomic mass is 10.1. The van der Waals surface area contributed by atoms with Crippen LogP contribution in [0.25, 0.3) is 11.5 Å². The summed E-state index contributed by atoms with van der Waals surface area (Å²) in [6, 6.07) is 13.6. The summed E-state index contributed by atoms with van der Waals surface area (Å²) in [5.74, 6) is 0.624. The second-order valence-electron chi connectivity index (χ2n) is 6.19. The molecule has 0 N–H and O–H groups in total. The van der Waals surface area contributed by atoms with Gasteiger partial charge in [0.15, 0.2) is 0 Å². The minimum absolute atomic E-state index is 0.00939. The summed E-state index contributed by atoms with van der Waals surface area (Å²) in [6.45, 7) is 1.38. The van der Waals surface area contributed by atoms with Crippen molar-refractivity contribution in [3.63, 3.8) is 0 Å².